The molecule has 0 bridgehead atoms. The Morgan fingerprint density at radius 2 is 1.97 bits per heavy atom. The van der Waals surface area contributed by atoms with Gasteiger partial charge in [0.05, 0.1) is 23.9 Å². The molecule has 0 saturated carbocycles. The molecule has 2 atom stereocenters. The highest BCUT2D eigenvalue weighted by Gasteiger charge is 2.36. The maximum atomic E-state index is 13.0. The summed E-state index contributed by atoms with van der Waals surface area (Å²) in [6.07, 6.45) is 2.63. The van der Waals surface area contributed by atoms with Crippen molar-refractivity contribution in [3.8, 4) is 22.8 Å². The third-order valence-corrected chi connectivity index (χ3v) is 6.07. The van der Waals surface area contributed by atoms with Gasteiger partial charge < -0.3 is 24.7 Å². The van der Waals surface area contributed by atoms with Gasteiger partial charge in [0.25, 0.3) is 0 Å². The molecule has 5 rings (SSSR count). The SMILES string of the molecule is CCC(NC(=O)C1CC(=O)N(c2ccc3c(c2)OCCO3)C1)c1ncc(-c2ccccc2)[nH]1. The average Bonchev–Trinajstić information content (AvgIpc) is 3.50. The maximum Gasteiger partial charge on any atom is 0.227 e. The predicted octanol–water partition coefficient (Wildman–Crippen LogP) is 3.47. The molecule has 2 amide bonds. The lowest BCUT2D eigenvalue weighted by Crippen LogP contribution is -2.35. The zero-order valence-corrected chi connectivity index (χ0v) is 18.4. The largest absolute Gasteiger partial charge is 0.486 e. The van der Waals surface area contributed by atoms with E-state index in [9.17, 15) is 9.59 Å². The standard InChI is InChI=1S/C25H26N4O4/c1-2-19(24-26-14-20(27-24)16-6-4-3-5-7-16)28-25(31)17-12-23(30)29(15-17)18-8-9-21-22(13-18)33-11-10-32-21/h3-9,13-14,17,19H,2,10-12,15H2,1H3,(H,26,27)(H,28,31). The fourth-order valence-electron chi connectivity index (χ4n) is 4.26. The van der Waals surface area contributed by atoms with Gasteiger partial charge in [0.2, 0.25) is 11.8 Å². The fraction of sp³-hybridized carbons (Fsp3) is 0.320. The van der Waals surface area contributed by atoms with Crippen LogP contribution in [-0.4, -0.2) is 41.5 Å². The van der Waals surface area contributed by atoms with Gasteiger partial charge in [-0.2, -0.15) is 0 Å². The normalized spacial score (nSPS) is 18.3. The molecule has 2 aliphatic heterocycles. The van der Waals surface area contributed by atoms with Gasteiger partial charge in [-0.1, -0.05) is 37.3 Å². The molecule has 8 heteroatoms. The third-order valence-electron chi connectivity index (χ3n) is 6.07. The van der Waals surface area contributed by atoms with Crippen LogP contribution in [0.4, 0.5) is 5.69 Å². The second-order valence-corrected chi connectivity index (χ2v) is 8.25. The number of carbonyl (C=O) groups is 2. The van der Waals surface area contributed by atoms with E-state index in [1.54, 1.807) is 23.2 Å². The Bertz CT molecular complexity index is 1160. The van der Waals surface area contributed by atoms with E-state index in [0.717, 1.165) is 11.3 Å². The minimum absolute atomic E-state index is 0.0794. The number of imidazole rings is 1. The van der Waals surface area contributed by atoms with Crippen LogP contribution in [0.3, 0.4) is 0 Å². The summed E-state index contributed by atoms with van der Waals surface area (Å²) in [7, 11) is 0. The van der Waals surface area contributed by atoms with E-state index in [1.807, 2.05) is 43.3 Å². The van der Waals surface area contributed by atoms with Gasteiger partial charge in [-0.15, -0.1) is 0 Å². The Labute approximate surface area is 191 Å². The molecule has 1 saturated heterocycles. The number of aromatic nitrogens is 2. The monoisotopic (exact) mass is 446 g/mol. The van der Waals surface area contributed by atoms with E-state index in [1.165, 1.54) is 0 Å². The van der Waals surface area contributed by atoms with Gasteiger partial charge in [-0.25, -0.2) is 4.98 Å². The summed E-state index contributed by atoms with van der Waals surface area (Å²) in [5.41, 5.74) is 2.65. The second kappa shape index (κ2) is 8.97. The Morgan fingerprint density at radius 1 is 1.18 bits per heavy atom. The molecular weight excluding hydrogens is 420 g/mol. The second-order valence-electron chi connectivity index (χ2n) is 8.25. The molecular formula is C25H26N4O4. The fourth-order valence-corrected chi connectivity index (χ4v) is 4.26. The zero-order chi connectivity index (χ0) is 22.8. The van der Waals surface area contributed by atoms with E-state index >= 15 is 0 Å². The number of H-pyrrole nitrogens is 1. The molecule has 3 heterocycles. The van der Waals surface area contributed by atoms with Gasteiger partial charge in [-0.3, -0.25) is 9.59 Å². The lowest BCUT2D eigenvalue weighted by Gasteiger charge is -2.22. The van der Waals surface area contributed by atoms with Crippen LogP contribution < -0.4 is 19.7 Å². The average molecular weight is 447 g/mol. The molecule has 33 heavy (non-hydrogen) atoms. The van der Waals surface area contributed by atoms with Gasteiger partial charge >= 0.3 is 0 Å². The first-order valence-corrected chi connectivity index (χ1v) is 11.2. The minimum Gasteiger partial charge on any atom is -0.486 e. The molecule has 0 aliphatic carbocycles. The van der Waals surface area contributed by atoms with Crippen LogP contribution >= 0.6 is 0 Å². The first-order valence-electron chi connectivity index (χ1n) is 11.2. The molecule has 0 spiro atoms. The summed E-state index contributed by atoms with van der Waals surface area (Å²) in [5, 5.41) is 3.08. The van der Waals surface area contributed by atoms with Gasteiger partial charge in [-0.05, 0) is 24.1 Å². The quantitative estimate of drug-likeness (QED) is 0.604. The first-order chi connectivity index (χ1) is 16.1. The number of benzene rings is 2. The molecule has 1 aromatic heterocycles. The van der Waals surface area contributed by atoms with E-state index < -0.39 is 5.92 Å². The molecule has 1 fully saturated rings. The summed E-state index contributed by atoms with van der Waals surface area (Å²) in [4.78, 5) is 35.2. The molecule has 2 aromatic carbocycles. The van der Waals surface area contributed by atoms with Crippen LogP contribution in [0.1, 0.15) is 31.6 Å². The Kier molecular flexibility index (Phi) is 5.73. The number of amides is 2. The molecule has 0 radical (unpaired) electrons. The topological polar surface area (TPSA) is 96.6 Å². The van der Waals surface area contributed by atoms with Crippen molar-refractivity contribution in [1.29, 1.82) is 0 Å². The van der Waals surface area contributed by atoms with Gasteiger partial charge in [0, 0.05) is 24.7 Å². The van der Waals surface area contributed by atoms with Crippen LogP contribution in [0, 0.1) is 5.92 Å². The van der Waals surface area contributed by atoms with E-state index in [0.29, 0.717) is 49.2 Å². The minimum atomic E-state index is -0.427. The van der Waals surface area contributed by atoms with Crippen molar-refractivity contribution in [2.75, 3.05) is 24.7 Å². The highest BCUT2D eigenvalue weighted by Crippen LogP contribution is 2.36. The number of nitrogens with one attached hydrogen (secondary N) is 2. The first kappa shape index (κ1) is 21.1. The number of aromatic amines is 1. The highest BCUT2D eigenvalue weighted by atomic mass is 16.6. The smallest absolute Gasteiger partial charge is 0.227 e. The lowest BCUT2D eigenvalue weighted by atomic mass is 10.1. The van der Waals surface area contributed by atoms with Crippen molar-refractivity contribution in [2.24, 2.45) is 5.92 Å². The number of hydrogen-bond acceptors (Lipinski definition) is 5. The molecule has 3 aromatic rings. The molecule has 8 nitrogen and oxygen atoms in total. The number of rotatable bonds is 6. The van der Waals surface area contributed by atoms with Crippen LogP contribution in [0.2, 0.25) is 0 Å². The molecule has 2 N–H and O–H groups in total. The summed E-state index contributed by atoms with van der Waals surface area (Å²) >= 11 is 0. The summed E-state index contributed by atoms with van der Waals surface area (Å²) in [6.45, 7) is 3.32. The molecule has 2 aliphatic rings. The Morgan fingerprint density at radius 3 is 2.76 bits per heavy atom. The van der Waals surface area contributed by atoms with Crippen molar-refractivity contribution < 1.29 is 19.1 Å². The van der Waals surface area contributed by atoms with Crippen LogP contribution in [0.15, 0.2) is 54.7 Å². The number of nitrogens with zero attached hydrogens (tertiary/aromatic N) is 2. The number of hydrogen-bond donors (Lipinski definition) is 2. The lowest BCUT2D eigenvalue weighted by molar-refractivity contribution is -0.127. The molecule has 170 valence electrons. The van der Waals surface area contributed by atoms with Gasteiger partial charge in [0.1, 0.15) is 19.0 Å². The van der Waals surface area contributed by atoms with Crippen molar-refractivity contribution in [1.82, 2.24) is 15.3 Å². The highest BCUT2D eigenvalue weighted by molar-refractivity contribution is 6.00. The van der Waals surface area contributed by atoms with Crippen LogP contribution in [-0.2, 0) is 9.59 Å². The van der Waals surface area contributed by atoms with E-state index in [4.69, 9.17) is 9.47 Å². The van der Waals surface area contributed by atoms with Crippen molar-refractivity contribution >= 4 is 17.5 Å². The predicted molar refractivity (Wildman–Crippen MR) is 123 cm³/mol. The van der Waals surface area contributed by atoms with Crippen LogP contribution in [0.5, 0.6) is 11.5 Å². The number of carbonyl (C=O) groups excluding carboxylic acids is 2. The summed E-state index contributed by atoms with van der Waals surface area (Å²) in [6, 6.07) is 15.1. The number of anilines is 1. The maximum absolute atomic E-state index is 13.0. The van der Waals surface area contributed by atoms with Crippen molar-refractivity contribution in [2.45, 2.75) is 25.8 Å². The summed E-state index contributed by atoms with van der Waals surface area (Å²) < 4.78 is 11.2. The van der Waals surface area contributed by atoms with E-state index in [2.05, 4.69) is 15.3 Å². The van der Waals surface area contributed by atoms with Crippen molar-refractivity contribution in [3.05, 3.63) is 60.6 Å². The van der Waals surface area contributed by atoms with E-state index in [-0.39, 0.29) is 24.3 Å². The Balaban J connectivity index is 1.26. The zero-order valence-electron chi connectivity index (χ0n) is 18.4. The number of fused-ring (bicyclic) bond motifs is 1. The molecule has 2 unspecified atom stereocenters. The van der Waals surface area contributed by atoms with Crippen molar-refractivity contribution in [3.63, 3.8) is 0 Å². The van der Waals surface area contributed by atoms with Gasteiger partial charge in [0.15, 0.2) is 11.5 Å². The summed E-state index contributed by atoms with van der Waals surface area (Å²) in [5.74, 6) is 1.35. The van der Waals surface area contributed by atoms with Crippen LogP contribution in [0.25, 0.3) is 11.3 Å². The Hall–Kier alpha value is -3.81. The third kappa shape index (κ3) is 4.28. The number of ether oxygens (including phenoxy) is 2.